The Labute approximate surface area is 178 Å². The molecule has 0 saturated carbocycles. The first-order valence-electron chi connectivity index (χ1n) is 10.7. The quantitative estimate of drug-likeness (QED) is 0.645. The van der Waals surface area contributed by atoms with Gasteiger partial charge in [0, 0.05) is 25.4 Å². The van der Waals surface area contributed by atoms with E-state index in [4.69, 9.17) is 14.2 Å². The van der Waals surface area contributed by atoms with Crippen molar-refractivity contribution in [1.82, 2.24) is 9.80 Å². The lowest BCUT2D eigenvalue weighted by Crippen LogP contribution is -2.44. The predicted molar refractivity (Wildman–Crippen MR) is 111 cm³/mol. The highest BCUT2D eigenvalue weighted by molar-refractivity contribution is 7.90. The van der Waals surface area contributed by atoms with E-state index in [-0.39, 0.29) is 17.1 Å². The van der Waals surface area contributed by atoms with Gasteiger partial charge in [-0.25, -0.2) is 13.2 Å². The summed E-state index contributed by atoms with van der Waals surface area (Å²) < 4.78 is 40.4. The summed E-state index contributed by atoms with van der Waals surface area (Å²) in [6.45, 7) is 5.31. The minimum absolute atomic E-state index is 0.106. The van der Waals surface area contributed by atoms with Gasteiger partial charge in [0.15, 0.2) is 21.3 Å². The molecule has 0 N–H and O–H groups in total. The van der Waals surface area contributed by atoms with Crippen molar-refractivity contribution >= 4 is 15.9 Å². The molecule has 3 heterocycles. The summed E-state index contributed by atoms with van der Waals surface area (Å²) in [5, 5.41) is 0. The number of carbonyl (C=O) groups is 1. The van der Waals surface area contributed by atoms with E-state index >= 15 is 0 Å². The van der Waals surface area contributed by atoms with E-state index in [0.717, 1.165) is 58.4 Å². The maximum absolute atomic E-state index is 11.8. The minimum atomic E-state index is -3.28. The summed E-state index contributed by atoms with van der Waals surface area (Å²) in [7, 11) is -3.28. The Bertz CT molecular complexity index is 866. The lowest BCUT2D eigenvalue weighted by atomic mass is 9.92. The summed E-state index contributed by atoms with van der Waals surface area (Å²) in [5.74, 6) is 1.80. The number of ether oxygens (including phenoxy) is 3. The van der Waals surface area contributed by atoms with E-state index in [1.807, 2.05) is 0 Å². The second kappa shape index (κ2) is 9.01. The fourth-order valence-corrected chi connectivity index (χ4v) is 5.00. The van der Waals surface area contributed by atoms with Crippen LogP contribution < -0.4 is 9.47 Å². The molecule has 1 unspecified atom stereocenters. The Morgan fingerprint density at radius 3 is 2.60 bits per heavy atom. The fourth-order valence-electron chi connectivity index (χ4n) is 4.36. The minimum Gasteiger partial charge on any atom is -0.486 e. The lowest BCUT2D eigenvalue weighted by Gasteiger charge is -2.35. The normalized spacial score (nSPS) is 22.9. The highest BCUT2D eigenvalue weighted by Gasteiger charge is 2.27. The number of piperidine rings is 1. The molecule has 1 aromatic rings. The predicted octanol–water partition coefficient (Wildman–Crippen LogP) is 2.17. The van der Waals surface area contributed by atoms with E-state index in [1.165, 1.54) is 6.26 Å². The van der Waals surface area contributed by atoms with Crippen LogP contribution in [0.4, 0.5) is 4.79 Å². The van der Waals surface area contributed by atoms with Crippen LogP contribution >= 0.6 is 0 Å². The molecule has 8 nitrogen and oxygen atoms in total. The topological polar surface area (TPSA) is 85.4 Å². The molecule has 0 bridgehead atoms. The van der Waals surface area contributed by atoms with Crippen LogP contribution in [0.1, 0.15) is 25.7 Å². The van der Waals surface area contributed by atoms with E-state index in [9.17, 15) is 13.2 Å². The molecule has 0 aliphatic carbocycles. The Balaban J connectivity index is 1.21. The zero-order chi connectivity index (χ0) is 21.1. The van der Waals surface area contributed by atoms with Crippen LogP contribution in [0.25, 0.3) is 0 Å². The molecule has 1 amide bonds. The zero-order valence-corrected chi connectivity index (χ0v) is 18.2. The largest absolute Gasteiger partial charge is 0.486 e. The van der Waals surface area contributed by atoms with E-state index in [1.54, 1.807) is 23.1 Å². The summed E-state index contributed by atoms with van der Waals surface area (Å²) >= 11 is 0. The number of hydrogen-bond acceptors (Lipinski definition) is 7. The van der Waals surface area contributed by atoms with E-state index in [0.29, 0.717) is 30.6 Å². The standard InChI is InChI=1S/C21H30N2O6S/c1-30(25,26)18-4-5-19-20(13-18)29-17(15-28-19)14-22-9-6-16(7-10-22)3-2-8-23-11-12-27-21(23)24/h4-5,13,16-17H,2-3,6-12,14-15H2,1H3. The summed E-state index contributed by atoms with van der Waals surface area (Å²) in [6.07, 6.45) is 5.37. The van der Waals surface area contributed by atoms with Gasteiger partial charge >= 0.3 is 6.09 Å². The number of rotatable bonds is 7. The Morgan fingerprint density at radius 2 is 1.90 bits per heavy atom. The summed E-state index contributed by atoms with van der Waals surface area (Å²) in [4.78, 5) is 15.9. The third-order valence-corrected chi connectivity index (χ3v) is 7.23. The number of hydrogen-bond donors (Lipinski definition) is 0. The van der Waals surface area contributed by atoms with Crippen molar-refractivity contribution in [3.05, 3.63) is 18.2 Å². The molecule has 9 heteroatoms. The molecule has 2 saturated heterocycles. The molecule has 3 aliphatic rings. The van der Waals surface area contributed by atoms with Crippen molar-refractivity contribution in [3.8, 4) is 11.5 Å². The van der Waals surface area contributed by atoms with Crippen LogP contribution in [0.15, 0.2) is 23.1 Å². The molecule has 4 rings (SSSR count). The maximum atomic E-state index is 11.8. The first kappa shape index (κ1) is 21.2. The third-order valence-electron chi connectivity index (χ3n) is 6.12. The van der Waals surface area contributed by atoms with Crippen molar-refractivity contribution in [2.24, 2.45) is 5.92 Å². The van der Waals surface area contributed by atoms with Crippen LogP contribution in [0.2, 0.25) is 0 Å². The van der Waals surface area contributed by atoms with Gasteiger partial charge in [-0.2, -0.15) is 0 Å². The van der Waals surface area contributed by atoms with Crippen molar-refractivity contribution in [2.75, 3.05) is 52.2 Å². The van der Waals surface area contributed by atoms with Crippen LogP contribution in [0.3, 0.4) is 0 Å². The number of carbonyl (C=O) groups excluding carboxylic acids is 1. The van der Waals surface area contributed by atoms with Crippen LogP contribution in [-0.4, -0.2) is 82.6 Å². The monoisotopic (exact) mass is 438 g/mol. The van der Waals surface area contributed by atoms with Gasteiger partial charge in [-0.15, -0.1) is 0 Å². The number of sulfone groups is 1. The van der Waals surface area contributed by atoms with Crippen LogP contribution in [0, 0.1) is 5.92 Å². The number of nitrogens with zero attached hydrogens (tertiary/aromatic N) is 2. The average molecular weight is 439 g/mol. The smallest absolute Gasteiger partial charge is 0.409 e. The maximum Gasteiger partial charge on any atom is 0.409 e. The molecule has 30 heavy (non-hydrogen) atoms. The lowest BCUT2D eigenvalue weighted by molar-refractivity contribution is 0.0467. The SMILES string of the molecule is CS(=O)(=O)c1ccc2c(c1)OC(CN1CCC(CCCN3CCOC3=O)CC1)CO2. The van der Waals surface area contributed by atoms with Crippen molar-refractivity contribution in [3.63, 3.8) is 0 Å². The molecular weight excluding hydrogens is 408 g/mol. The van der Waals surface area contributed by atoms with E-state index in [2.05, 4.69) is 4.90 Å². The molecule has 0 aromatic heterocycles. The van der Waals surface area contributed by atoms with E-state index < -0.39 is 9.84 Å². The van der Waals surface area contributed by atoms with Gasteiger partial charge in [0.2, 0.25) is 0 Å². The average Bonchev–Trinajstić information content (AvgIpc) is 3.13. The number of likely N-dealkylation sites (tertiary alicyclic amines) is 1. The molecule has 1 atom stereocenters. The molecule has 0 spiro atoms. The molecular formula is C21H30N2O6S. The van der Waals surface area contributed by atoms with Gasteiger partial charge in [0.25, 0.3) is 0 Å². The van der Waals surface area contributed by atoms with Crippen LogP contribution in [-0.2, 0) is 14.6 Å². The molecule has 1 aromatic carbocycles. The van der Waals surface area contributed by atoms with Gasteiger partial charge in [-0.1, -0.05) is 0 Å². The number of benzene rings is 1. The third kappa shape index (κ3) is 5.18. The highest BCUT2D eigenvalue weighted by Crippen LogP contribution is 2.34. The molecule has 2 fully saturated rings. The van der Waals surface area contributed by atoms with Crippen molar-refractivity contribution < 1.29 is 27.4 Å². The molecule has 0 radical (unpaired) electrons. The second-order valence-electron chi connectivity index (χ2n) is 8.42. The Morgan fingerprint density at radius 1 is 1.10 bits per heavy atom. The first-order chi connectivity index (χ1) is 14.4. The fraction of sp³-hybridized carbons (Fsp3) is 0.667. The summed E-state index contributed by atoms with van der Waals surface area (Å²) in [5.41, 5.74) is 0. The zero-order valence-electron chi connectivity index (χ0n) is 17.4. The van der Waals surface area contributed by atoms with Crippen molar-refractivity contribution in [2.45, 2.75) is 36.7 Å². The van der Waals surface area contributed by atoms with Gasteiger partial charge < -0.3 is 19.1 Å². The Hall–Kier alpha value is -2.00. The second-order valence-corrected chi connectivity index (χ2v) is 10.4. The molecule has 166 valence electrons. The van der Waals surface area contributed by atoms with Gasteiger partial charge in [-0.05, 0) is 56.8 Å². The van der Waals surface area contributed by atoms with Gasteiger partial charge in [0.1, 0.15) is 19.3 Å². The van der Waals surface area contributed by atoms with Gasteiger partial charge in [-0.3, -0.25) is 4.90 Å². The first-order valence-corrected chi connectivity index (χ1v) is 12.6. The molecule has 3 aliphatic heterocycles. The number of amides is 1. The van der Waals surface area contributed by atoms with Crippen molar-refractivity contribution in [1.29, 1.82) is 0 Å². The number of cyclic esters (lactones) is 1. The Kier molecular flexibility index (Phi) is 6.38. The number of fused-ring (bicyclic) bond motifs is 1. The highest BCUT2D eigenvalue weighted by atomic mass is 32.2. The summed E-state index contributed by atoms with van der Waals surface area (Å²) in [6, 6.07) is 4.77. The van der Waals surface area contributed by atoms with Crippen LogP contribution in [0.5, 0.6) is 11.5 Å². The van der Waals surface area contributed by atoms with Gasteiger partial charge in [0.05, 0.1) is 11.4 Å².